The molecule has 0 aromatic carbocycles. The van der Waals surface area contributed by atoms with Crippen molar-refractivity contribution in [1.82, 2.24) is 14.7 Å². The normalized spacial score (nSPS) is 16.6. The van der Waals surface area contributed by atoms with E-state index in [-0.39, 0.29) is 12.0 Å². The van der Waals surface area contributed by atoms with Gasteiger partial charge in [0.25, 0.3) is 5.91 Å². The van der Waals surface area contributed by atoms with E-state index in [1.54, 1.807) is 13.3 Å². The van der Waals surface area contributed by atoms with Crippen LogP contribution in [0.25, 0.3) is 0 Å². The third kappa shape index (κ3) is 3.19. The number of likely N-dealkylation sites (tertiary alicyclic amines) is 1. The SMILES string of the molecule is COC1CCN(C(=O)c2cnn(CCCN)c2C)CC1. The highest BCUT2D eigenvalue weighted by molar-refractivity contribution is 5.95. The van der Waals surface area contributed by atoms with E-state index in [4.69, 9.17) is 10.5 Å². The van der Waals surface area contributed by atoms with E-state index in [0.29, 0.717) is 12.1 Å². The van der Waals surface area contributed by atoms with Crippen molar-refractivity contribution in [2.45, 2.75) is 38.8 Å². The minimum atomic E-state index is 0.0797. The summed E-state index contributed by atoms with van der Waals surface area (Å²) in [7, 11) is 1.73. The minimum Gasteiger partial charge on any atom is -0.381 e. The minimum absolute atomic E-state index is 0.0797. The largest absolute Gasteiger partial charge is 0.381 e. The number of rotatable bonds is 5. The number of ether oxygens (including phenoxy) is 1. The van der Waals surface area contributed by atoms with Crippen LogP contribution >= 0.6 is 0 Å². The van der Waals surface area contributed by atoms with Gasteiger partial charge in [-0.05, 0) is 32.7 Å². The summed E-state index contributed by atoms with van der Waals surface area (Å²) in [4.78, 5) is 14.4. The fourth-order valence-corrected chi connectivity index (χ4v) is 2.59. The van der Waals surface area contributed by atoms with E-state index >= 15 is 0 Å². The van der Waals surface area contributed by atoms with Gasteiger partial charge in [0.1, 0.15) is 0 Å². The van der Waals surface area contributed by atoms with Gasteiger partial charge in [-0.1, -0.05) is 0 Å². The Bertz CT molecular complexity index is 450. The number of nitrogens with two attached hydrogens (primary N) is 1. The molecule has 0 atom stereocenters. The zero-order valence-corrected chi connectivity index (χ0v) is 12.3. The third-order valence-electron chi connectivity index (χ3n) is 3.97. The predicted molar refractivity (Wildman–Crippen MR) is 76.6 cm³/mol. The van der Waals surface area contributed by atoms with Gasteiger partial charge in [0, 0.05) is 32.4 Å². The summed E-state index contributed by atoms with van der Waals surface area (Å²) < 4.78 is 7.19. The van der Waals surface area contributed by atoms with E-state index in [1.807, 2.05) is 16.5 Å². The Kier molecular flexibility index (Phi) is 5.14. The highest BCUT2D eigenvalue weighted by atomic mass is 16.5. The van der Waals surface area contributed by atoms with Crippen LogP contribution in [0, 0.1) is 6.92 Å². The lowest BCUT2D eigenvalue weighted by atomic mass is 10.1. The van der Waals surface area contributed by atoms with Gasteiger partial charge in [0.2, 0.25) is 0 Å². The van der Waals surface area contributed by atoms with Crippen LogP contribution in [0.3, 0.4) is 0 Å². The molecule has 0 spiro atoms. The second kappa shape index (κ2) is 6.85. The molecule has 1 aliphatic rings. The Morgan fingerprint density at radius 3 is 2.80 bits per heavy atom. The van der Waals surface area contributed by atoms with Crippen molar-refractivity contribution < 1.29 is 9.53 Å². The molecule has 6 heteroatoms. The Morgan fingerprint density at radius 1 is 1.50 bits per heavy atom. The Hall–Kier alpha value is -1.40. The molecule has 1 saturated heterocycles. The quantitative estimate of drug-likeness (QED) is 0.865. The van der Waals surface area contributed by atoms with Crippen LogP contribution in [-0.2, 0) is 11.3 Å². The van der Waals surface area contributed by atoms with Gasteiger partial charge in [0.15, 0.2) is 0 Å². The summed E-state index contributed by atoms with van der Waals surface area (Å²) in [5.41, 5.74) is 7.14. The van der Waals surface area contributed by atoms with Crippen molar-refractivity contribution >= 4 is 5.91 Å². The van der Waals surface area contributed by atoms with Gasteiger partial charge in [-0.15, -0.1) is 0 Å². The maximum absolute atomic E-state index is 12.5. The fraction of sp³-hybridized carbons (Fsp3) is 0.714. The van der Waals surface area contributed by atoms with Gasteiger partial charge in [-0.25, -0.2) is 0 Å². The fourth-order valence-electron chi connectivity index (χ4n) is 2.59. The third-order valence-corrected chi connectivity index (χ3v) is 3.97. The lowest BCUT2D eigenvalue weighted by molar-refractivity contribution is 0.0350. The highest BCUT2D eigenvalue weighted by Gasteiger charge is 2.25. The van der Waals surface area contributed by atoms with E-state index in [9.17, 15) is 4.79 Å². The zero-order valence-electron chi connectivity index (χ0n) is 12.3. The summed E-state index contributed by atoms with van der Waals surface area (Å²) in [5.74, 6) is 0.0797. The Balaban J connectivity index is 2.01. The molecule has 1 amide bonds. The first-order valence-corrected chi connectivity index (χ1v) is 7.22. The van der Waals surface area contributed by atoms with Crippen LogP contribution in [0.1, 0.15) is 35.3 Å². The zero-order chi connectivity index (χ0) is 14.5. The van der Waals surface area contributed by atoms with Gasteiger partial charge in [0.05, 0.1) is 17.9 Å². The lowest BCUT2D eigenvalue weighted by Crippen LogP contribution is -2.40. The molecule has 0 radical (unpaired) electrons. The van der Waals surface area contributed by atoms with Crippen LogP contribution in [0.15, 0.2) is 6.20 Å². The molecule has 1 aromatic rings. The molecule has 112 valence electrons. The Morgan fingerprint density at radius 2 is 2.20 bits per heavy atom. The molecule has 2 rings (SSSR count). The standard InChI is InChI=1S/C14H24N4O2/c1-11-13(10-16-18(11)7-3-6-15)14(19)17-8-4-12(20-2)5-9-17/h10,12H,3-9,15H2,1-2H3. The van der Waals surface area contributed by atoms with E-state index < -0.39 is 0 Å². The number of carbonyl (C=O) groups is 1. The molecule has 1 aliphatic heterocycles. The number of aromatic nitrogens is 2. The Labute approximate surface area is 119 Å². The maximum Gasteiger partial charge on any atom is 0.257 e. The lowest BCUT2D eigenvalue weighted by Gasteiger charge is -2.31. The maximum atomic E-state index is 12.5. The highest BCUT2D eigenvalue weighted by Crippen LogP contribution is 2.17. The summed E-state index contributed by atoms with van der Waals surface area (Å²) >= 11 is 0. The summed E-state index contributed by atoms with van der Waals surface area (Å²) in [6.45, 7) is 4.85. The summed E-state index contributed by atoms with van der Waals surface area (Å²) in [6, 6.07) is 0. The van der Waals surface area contributed by atoms with E-state index in [1.165, 1.54) is 0 Å². The van der Waals surface area contributed by atoms with Gasteiger partial charge < -0.3 is 15.4 Å². The van der Waals surface area contributed by atoms with Crippen molar-refractivity contribution in [3.8, 4) is 0 Å². The molecule has 2 heterocycles. The van der Waals surface area contributed by atoms with Crippen molar-refractivity contribution in [3.63, 3.8) is 0 Å². The number of carbonyl (C=O) groups excluding carboxylic acids is 1. The average Bonchev–Trinajstić information content (AvgIpc) is 2.85. The number of piperidine rings is 1. The van der Waals surface area contributed by atoms with Crippen molar-refractivity contribution in [3.05, 3.63) is 17.5 Å². The number of nitrogens with zero attached hydrogens (tertiary/aromatic N) is 3. The number of hydrogen-bond acceptors (Lipinski definition) is 4. The van der Waals surface area contributed by atoms with E-state index in [2.05, 4.69) is 5.10 Å². The number of aryl methyl sites for hydroxylation is 1. The average molecular weight is 280 g/mol. The van der Waals surface area contributed by atoms with Crippen LogP contribution in [0.5, 0.6) is 0 Å². The molecule has 0 bridgehead atoms. The number of methoxy groups -OCH3 is 1. The summed E-state index contributed by atoms with van der Waals surface area (Å²) in [5, 5.41) is 4.29. The van der Waals surface area contributed by atoms with Gasteiger partial charge in [-0.3, -0.25) is 9.48 Å². The first kappa shape index (κ1) is 15.0. The van der Waals surface area contributed by atoms with Crippen LogP contribution < -0.4 is 5.73 Å². The van der Waals surface area contributed by atoms with Crippen LogP contribution in [0.4, 0.5) is 0 Å². The van der Waals surface area contributed by atoms with Crippen molar-refractivity contribution in [2.24, 2.45) is 5.73 Å². The molecule has 0 unspecified atom stereocenters. The molecule has 1 fully saturated rings. The smallest absolute Gasteiger partial charge is 0.257 e. The second-order valence-corrected chi connectivity index (χ2v) is 5.24. The van der Waals surface area contributed by atoms with Crippen LogP contribution in [-0.4, -0.2) is 53.4 Å². The molecule has 0 saturated carbocycles. The molecule has 20 heavy (non-hydrogen) atoms. The molecule has 2 N–H and O–H groups in total. The first-order valence-electron chi connectivity index (χ1n) is 7.22. The van der Waals surface area contributed by atoms with Gasteiger partial charge >= 0.3 is 0 Å². The van der Waals surface area contributed by atoms with Crippen LogP contribution in [0.2, 0.25) is 0 Å². The second-order valence-electron chi connectivity index (χ2n) is 5.24. The van der Waals surface area contributed by atoms with Crippen molar-refractivity contribution in [2.75, 3.05) is 26.7 Å². The molecule has 6 nitrogen and oxygen atoms in total. The molecular weight excluding hydrogens is 256 g/mol. The van der Waals surface area contributed by atoms with Crippen molar-refractivity contribution in [1.29, 1.82) is 0 Å². The molecule has 0 aliphatic carbocycles. The molecule has 1 aromatic heterocycles. The number of amides is 1. The van der Waals surface area contributed by atoms with E-state index in [0.717, 1.165) is 44.6 Å². The predicted octanol–water partition coefficient (Wildman–Crippen LogP) is 0.791. The first-order chi connectivity index (χ1) is 9.67. The van der Waals surface area contributed by atoms with Gasteiger partial charge in [-0.2, -0.15) is 5.10 Å². The monoisotopic (exact) mass is 280 g/mol. The topological polar surface area (TPSA) is 73.4 Å². The summed E-state index contributed by atoms with van der Waals surface area (Å²) in [6.07, 6.45) is 4.64. The number of hydrogen-bond donors (Lipinski definition) is 1. The molecular formula is C14H24N4O2.